The predicted molar refractivity (Wildman–Crippen MR) is 123 cm³/mol. The largest absolute Gasteiger partial charge is 0.474 e. The average molecular weight is 486 g/mol. The van der Waals surface area contributed by atoms with Crippen molar-refractivity contribution >= 4 is 28.4 Å². The van der Waals surface area contributed by atoms with Gasteiger partial charge in [0.05, 0.1) is 22.6 Å². The number of carbonyl (C=O) groups is 1. The molecule has 1 aliphatic heterocycles. The fourth-order valence-corrected chi connectivity index (χ4v) is 4.05. The number of pyridine rings is 3. The Morgan fingerprint density at radius 2 is 1.89 bits per heavy atom. The van der Waals surface area contributed by atoms with E-state index in [0.717, 1.165) is 19.8 Å². The first-order chi connectivity index (χ1) is 16.4. The van der Waals surface area contributed by atoms with Gasteiger partial charge in [-0.3, -0.25) is 0 Å². The number of hydrogen-bond donors (Lipinski definition) is 1. The molecule has 2 aliphatic rings. The van der Waals surface area contributed by atoms with E-state index in [2.05, 4.69) is 20.3 Å². The molecule has 0 amide bonds. The summed E-state index contributed by atoms with van der Waals surface area (Å²) in [4.78, 5) is 25.5. The molecule has 1 N–H and O–H groups in total. The molecule has 1 saturated carbocycles. The molecular weight excluding hydrogens is 461 g/mol. The lowest BCUT2D eigenvalue weighted by atomic mass is 9.84. The minimum Gasteiger partial charge on any atom is -0.474 e. The third-order valence-corrected chi connectivity index (χ3v) is 6.74. The number of halogens is 3. The van der Waals surface area contributed by atoms with Crippen LogP contribution >= 0.6 is 0 Å². The van der Waals surface area contributed by atoms with Crippen molar-refractivity contribution in [2.24, 2.45) is 0 Å². The first-order valence-corrected chi connectivity index (χ1v) is 11.5. The Morgan fingerprint density at radius 3 is 2.57 bits per heavy atom. The summed E-state index contributed by atoms with van der Waals surface area (Å²) >= 11 is 0. The van der Waals surface area contributed by atoms with Crippen molar-refractivity contribution in [3.8, 4) is 5.88 Å². The number of ether oxygens (including phenoxy) is 2. The third-order valence-electron chi connectivity index (χ3n) is 6.74. The first-order valence-electron chi connectivity index (χ1n) is 11.5. The minimum atomic E-state index is -4.43. The van der Waals surface area contributed by atoms with Crippen molar-refractivity contribution in [2.45, 2.75) is 70.3 Å². The zero-order valence-corrected chi connectivity index (χ0v) is 19.7. The zero-order valence-electron chi connectivity index (χ0n) is 19.7. The van der Waals surface area contributed by atoms with Crippen molar-refractivity contribution < 1.29 is 27.4 Å². The summed E-state index contributed by atoms with van der Waals surface area (Å²) in [5, 5.41) is 3.85. The van der Waals surface area contributed by atoms with Gasteiger partial charge in [0.25, 0.3) is 0 Å². The molecule has 1 fully saturated rings. The predicted octanol–water partition coefficient (Wildman–Crippen LogP) is 6.03. The lowest BCUT2D eigenvalue weighted by Crippen LogP contribution is -2.39. The van der Waals surface area contributed by atoms with Crippen LogP contribution in [0, 0.1) is 0 Å². The molecule has 0 bridgehead atoms. The van der Waals surface area contributed by atoms with Crippen LogP contribution in [0.25, 0.3) is 10.8 Å². The number of carbonyl (C=O) groups excluding carboxylic acids is 1. The smallest absolute Gasteiger partial charge is 0.395 e. The minimum absolute atomic E-state index is 0.0343. The van der Waals surface area contributed by atoms with Gasteiger partial charge in [-0.1, -0.05) is 6.92 Å². The summed E-state index contributed by atoms with van der Waals surface area (Å²) in [7, 11) is 0. The number of anilines is 2. The molecule has 1 aliphatic carbocycles. The molecule has 184 valence electrons. The second-order valence-corrected chi connectivity index (χ2v) is 9.68. The second-order valence-electron chi connectivity index (χ2n) is 9.68. The van der Waals surface area contributed by atoms with E-state index in [0.29, 0.717) is 33.7 Å². The van der Waals surface area contributed by atoms with E-state index >= 15 is 0 Å². The van der Waals surface area contributed by atoms with E-state index in [-0.39, 0.29) is 23.5 Å². The van der Waals surface area contributed by atoms with E-state index in [1.165, 1.54) is 12.4 Å². The molecule has 0 radical (unpaired) electrons. The maximum absolute atomic E-state index is 13.6. The Balaban J connectivity index is 1.54. The van der Waals surface area contributed by atoms with Crippen molar-refractivity contribution in [3.05, 3.63) is 47.4 Å². The van der Waals surface area contributed by atoms with Crippen molar-refractivity contribution in [1.82, 2.24) is 15.0 Å². The van der Waals surface area contributed by atoms with Gasteiger partial charge in [0.1, 0.15) is 23.3 Å². The molecule has 2 atom stereocenters. The summed E-state index contributed by atoms with van der Waals surface area (Å²) in [6.45, 7) is 6.68. The molecule has 5 rings (SSSR count). The zero-order chi connectivity index (χ0) is 25.1. The normalized spacial score (nSPS) is 20.2. The highest BCUT2D eigenvalue weighted by Crippen LogP contribution is 2.41. The molecule has 2 unspecified atom stereocenters. The number of rotatable bonds is 5. The summed E-state index contributed by atoms with van der Waals surface area (Å²) in [5.41, 5.74) is 0.304. The number of nitrogens with zero attached hydrogens (tertiary/aromatic N) is 3. The van der Waals surface area contributed by atoms with Crippen LogP contribution in [-0.4, -0.2) is 38.8 Å². The Kier molecular flexibility index (Phi) is 5.37. The molecule has 35 heavy (non-hydrogen) atoms. The monoisotopic (exact) mass is 486 g/mol. The fourth-order valence-electron chi connectivity index (χ4n) is 4.05. The van der Waals surface area contributed by atoms with Crippen LogP contribution in [0.5, 0.6) is 5.88 Å². The van der Waals surface area contributed by atoms with Gasteiger partial charge in [-0.2, -0.15) is 13.2 Å². The van der Waals surface area contributed by atoms with Gasteiger partial charge in [0.2, 0.25) is 5.88 Å². The van der Waals surface area contributed by atoms with Crippen molar-refractivity contribution in [1.29, 1.82) is 0 Å². The Morgan fingerprint density at radius 1 is 1.14 bits per heavy atom. The number of esters is 1. The Bertz CT molecular complexity index is 1320. The lowest BCUT2D eigenvalue weighted by Gasteiger charge is -2.36. The number of nitrogens with one attached hydrogen (secondary N) is 1. The quantitative estimate of drug-likeness (QED) is 0.441. The van der Waals surface area contributed by atoms with Crippen LogP contribution in [0.3, 0.4) is 0 Å². The van der Waals surface area contributed by atoms with E-state index < -0.39 is 23.7 Å². The van der Waals surface area contributed by atoms with E-state index in [4.69, 9.17) is 9.47 Å². The molecule has 7 nitrogen and oxygen atoms in total. The van der Waals surface area contributed by atoms with Gasteiger partial charge in [0, 0.05) is 18.3 Å². The number of fused-ring (bicyclic) bond motifs is 2. The maximum atomic E-state index is 13.6. The van der Waals surface area contributed by atoms with Crippen LogP contribution in [0.2, 0.25) is 0 Å². The number of cyclic esters (lactones) is 1. The van der Waals surface area contributed by atoms with Gasteiger partial charge in [0.15, 0.2) is 0 Å². The Hall–Kier alpha value is -3.43. The number of alkyl halides is 3. The summed E-state index contributed by atoms with van der Waals surface area (Å²) in [5.74, 6) is -1.31. The summed E-state index contributed by atoms with van der Waals surface area (Å²) in [6.07, 6.45) is 0.0902. The number of aromatic nitrogens is 3. The first kappa shape index (κ1) is 23.3. The van der Waals surface area contributed by atoms with Gasteiger partial charge < -0.3 is 14.8 Å². The molecule has 0 aromatic carbocycles. The molecule has 0 spiro atoms. The van der Waals surface area contributed by atoms with Crippen molar-refractivity contribution in [2.75, 3.05) is 5.32 Å². The topological polar surface area (TPSA) is 86.2 Å². The molecule has 3 aromatic heterocycles. The molecule has 0 saturated heterocycles. The van der Waals surface area contributed by atoms with Gasteiger partial charge in [-0.15, -0.1) is 0 Å². The standard InChI is InChI=1S/C25H25F3N4O3/c1-12(25(26,27)28)17-10-30-22(34-14-5-6-14)18-11-29-20(9-16(17)18)31-19-8-7-15-21(32-19)13(2)24(3,4)35-23(15)33/h7-14H,5-6H2,1-4H3,(H,29,31,32). The Labute approximate surface area is 200 Å². The van der Waals surface area contributed by atoms with Gasteiger partial charge >= 0.3 is 12.1 Å². The fraction of sp³-hybridized carbons (Fsp3) is 0.440. The molecule has 10 heteroatoms. The highest BCUT2D eigenvalue weighted by Gasteiger charge is 2.40. The molecule has 4 heterocycles. The highest BCUT2D eigenvalue weighted by molar-refractivity contribution is 5.93. The maximum Gasteiger partial charge on any atom is 0.395 e. The molecule has 3 aromatic rings. The third kappa shape index (κ3) is 4.37. The van der Waals surface area contributed by atoms with E-state index in [1.54, 1.807) is 18.2 Å². The van der Waals surface area contributed by atoms with Crippen molar-refractivity contribution in [3.63, 3.8) is 0 Å². The highest BCUT2D eigenvalue weighted by atomic mass is 19.4. The second kappa shape index (κ2) is 8.07. The number of hydrogen-bond acceptors (Lipinski definition) is 7. The van der Waals surface area contributed by atoms with Crippen LogP contribution in [0.15, 0.2) is 30.6 Å². The van der Waals surface area contributed by atoms with Gasteiger partial charge in [-0.25, -0.2) is 19.7 Å². The van der Waals surface area contributed by atoms with Crippen LogP contribution in [-0.2, 0) is 4.74 Å². The van der Waals surface area contributed by atoms with E-state index in [1.807, 2.05) is 20.8 Å². The summed E-state index contributed by atoms with van der Waals surface area (Å²) in [6, 6.07) is 4.80. The van der Waals surface area contributed by atoms with Crippen LogP contribution in [0.1, 0.15) is 74.0 Å². The van der Waals surface area contributed by atoms with Crippen LogP contribution < -0.4 is 10.1 Å². The van der Waals surface area contributed by atoms with E-state index in [9.17, 15) is 18.0 Å². The van der Waals surface area contributed by atoms with Gasteiger partial charge in [-0.05, 0) is 62.8 Å². The molecular formula is C25H25F3N4O3. The average Bonchev–Trinajstić information content (AvgIpc) is 3.60. The summed E-state index contributed by atoms with van der Waals surface area (Å²) < 4.78 is 52.1. The van der Waals surface area contributed by atoms with Crippen LogP contribution in [0.4, 0.5) is 24.8 Å². The SMILES string of the molecule is CC(c1cnc(OC2CC2)c2cnc(Nc3ccc4c(n3)C(C)C(C)(C)OC4=O)cc12)C(F)(F)F. The lowest BCUT2D eigenvalue weighted by molar-refractivity contribution is -0.146.